The van der Waals surface area contributed by atoms with Crippen LogP contribution in [-0.4, -0.2) is 38.0 Å². The minimum Gasteiger partial charge on any atom is -0.508 e. The molecule has 0 aromatic heterocycles. The monoisotopic (exact) mass is 292 g/mol. The molecule has 1 aliphatic rings. The number of nitrogens with zero attached hydrogens (tertiary/aromatic N) is 1. The van der Waals surface area contributed by atoms with Crippen molar-refractivity contribution >= 4 is 5.69 Å². The molecule has 3 unspecified atom stereocenters. The van der Waals surface area contributed by atoms with E-state index in [1.54, 1.807) is 6.07 Å². The molecular weight excluding hydrogens is 262 g/mol. The summed E-state index contributed by atoms with van der Waals surface area (Å²) in [5, 5.41) is 9.84. The first kappa shape index (κ1) is 16.3. The van der Waals surface area contributed by atoms with Crippen LogP contribution in [0.2, 0.25) is 0 Å². The van der Waals surface area contributed by atoms with E-state index in [4.69, 9.17) is 4.74 Å². The summed E-state index contributed by atoms with van der Waals surface area (Å²) in [6, 6.07) is 7.80. The van der Waals surface area contributed by atoms with Crippen molar-refractivity contribution in [1.82, 2.24) is 4.48 Å². The molecular formula is C18H30NO2+. The fourth-order valence-electron chi connectivity index (χ4n) is 3.40. The molecule has 1 fully saturated rings. The molecule has 1 aromatic carbocycles. The second-order valence-corrected chi connectivity index (χ2v) is 6.65. The van der Waals surface area contributed by atoms with Crippen LogP contribution in [0, 0.1) is 11.8 Å². The minimum absolute atomic E-state index is 0.366. The number of hydrogen-bond donors (Lipinski definition) is 1. The number of aromatic hydroxyl groups is 1. The zero-order valence-electron chi connectivity index (χ0n) is 13.7. The Balaban J connectivity index is 2.17. The summed E-state index contributed by atoms with van der Waals surface area (Å²) < 4.78 is 6.69. The molecule has 0 saturated carbocycles. The van der Waals surface area contributed by atoms with Gasteiger partial charge in [0.05, 0.1) is 19.7 Å². The van der Waals surface area contributed by atoms with E-state index in [1.165, 1.54) is 12.1 Å². The molecule has 0 amide bonds. The van der Waals surface area contributed by atoms with Gasteiger partial charge in [-0.2, -0.15) is 0 Å². The van der Waals surface area contributed by atoms with E-state index in [-0.39, 0.29) is 0 Å². The standard InChI is InChI=1S/C18H29NO2/c1-4-11-21-12-10-19(9-8-15(2)16(3)14-19)17-6-5-7-18(20)13-17/h5-7,13,15-16H,4,8-12,14H2,1-3H3/p+1. The fraction of sp³-hybridized carbons (Fsp3) is 0.667. The molecule has 1 heterocycles. The number of benzene rings is 1. The van der Waals surface area contributed by atoms with Gasteiger partial charge in [-0.3, -0.25) is 4.48 Å². The predicted molar refractivity (Wildman–Crippen MR) is 88.6 cm³/mol. The number of likely N-dealkylation sites (tertiary alicyclic amines) is 1. The van der Waals surface area contributed by atoms with Gasteiger partial charge >= 0.3 is 0 Å². The van der Waals surface area contributed by atoms with Crippen LogP contribution >= 0.6 is 0 Å². The highest BCUT2D eigenvalue weighted by Crippen LogP contribution is 2.35. The van der Waals surface area contributed by atoms with Crippen LogP contribution < -0.4 is 4.48 Å². The maximum absolute atomic E-state index is 9.84. The summed E-state index contributed by atoms with van der Waals surface area (Å²) in [5.74, 6) is 1.85. The largest absolute Gasteiger partial charge is 0.508 e. The van der Waals surface area contributed by atoms with Crippen LogP contribution in [0.1, 0.15) is 33.6 Å². The molecule has 0 bridgehead atoms. The second kappa shape index (κ2) is 7.28. The third-order valence-corrected chi connectivity index (χ3v) is 5.01. The molecule has 21 heavy (non-hydrogen) atoms. The third kappa shape index (κ3) is 3.98. The van der Waals surface area contributed by atoms with E-state index < -0.39 is 0 Å². The van der Waals surface area contributed by atoms with E-state index in [1.807, 2.05) is 12.1 Å². The first-order chi connectivity index (χ1) is 10.1. The van der Waals surface area contributed by atoms with Gasteiger partial charge in [0.1, 0.15) is 18.0 Å². The zero-order chi connectivity index (χ0) is 15.3. The summed E-state index contributed by atoms with van der Waals surface area (Å²) in [7, 11) is 0. The quantitative estimate of drug-likeness (QED) is 0.638. The van der Waals surface area contributed by atoms with Gasteiger partial charge in [-0.15, -0.1) is 0 Å². The molecule has 118 valence electrons. The van der Waals surface area contributed by atoms with E-state index in [0.717, 1.165) is 49.7 Å². The van der Waals surface area contributed by atoms with Crippen molar-refractivity contribution in [3.63, 3.8) is 0 Å². The van der Waals surface area contributed by atoms with Crippen molar-refractivity contribution in [3.8, 4) is 5.75 Å². The normalized spacial score (nSPS) is 29.5. The van der Waals surface area contributed by atoms with E-state index in [2.05, 4.69) is 26.8 Å². The molecule has 3 nitrogen and oxygen atoms in total. The molecule has 1 saturated heterocycles. The predicted octanol–water partition coefficient (Wildman–Crippen LogP) is 3.80. The first-order valence-electron chi connectivity index (χ1n) is 8.31. The lowest BCUT2D eigenvalue weighted by Gasteiger charge is -2.45. The van der Waals surface area contributed by atoms with Gasteiger partial charge in [0.25, 0.3) is 0 Å². The van der Waals surface area contributed by atoms with E-state index in [0.29, 0.717) is 11.7 Å². The van der Waals surface area contributed by atoms with Crippen molar-refractivity contribution in [1.29, 1.82) is 0 Å². The fourth-order valence-corrected chi connectivity index (χ4v) is 3.40. The SMILES string of the molecule is CCCOCC[N+]1(c2cccc(O)c2)CCC(C)C(C)C1. The van der Waals surface area contributed by atoms with Crippen molar-refractivity contribution in [2.45, 2.75) is 33.6 Å². The summed E-state index contributed by atoms with van der Waals surface area (Å²) in [5.41, 5.74) is 1.23. The lowest BCUT2D eigenvalue weighted by atomic mass is 9.86. The number of phenols is 1. The zero-order valence-corrected chi connectivity index (χ0v) is 13.7. The molecule has 1 aliphatic heterocycles. The smallest absolute Gasteiger partial charge is 0.136 e. The van der Waals surface area contributed by atoms with Crippen LogP contribution in [-0.2, 0) is 4.74 Å². The topological polar surface area (TPSA) is 29.5 Å². The molecule has 2 rings (SSSR count). The van der Waals surface area contributed by atoms with Crippen molar-refractivity contribution in [2.24, 2.45) is 11.8 Å². The minimum atomic E-state index is 0.366. The van der Waals surface area contributed by atoms with Gasteiger partial charge in [-0.25, -0.2) is 0 Å². The van der Waals surface area contributed by atoms with Crippen molar-refractivity contribution < 1.29 is 9.84 Å². The third-order valence-electron chi connectivity index (χ3n) is 5.01. The number of hydrogen-bond acceptors (Lipinski definition) is 2. The number of ether oxygens (including phenoxy) is 1. The average Bonchev–Trinajstić information content (AvgIpc) is 2.47. The summed E-state index contributed by atoms with van der Waals surface area (Å²) >= 11 is 0. The molecule has 0 spiro atoms. The Hall–Kier alpha value is -1.06. The highest BCUT2D eigenvalue weighted by Gasteiger charge is 2.38. The molecule has 0 radical (unpaired) electrons. The van der Waals surface area contributed by atoms with Gasteiger partial charge in [0.15, 0.2) is 0 Å². The van der Waals surface area contributed by atoms with E-state index in [9.17, 15) is 5.11 Å². The van der Waals surface area contributed by atoms with Crippen molar-refractivity contribution in [3.05, 3.63) is 24.3 Å². The lowest BCUT2D eigenvalue weighted by molar-refractivity contribution is 0.0767. The second-order valence-electron chi connectivity index (χ2n) is 6.65. The Kier molecular flexibility index (Phi) is 5.65. The number of quaternary nitrogens is 1. The highest BCUT2D eigenvalue weighted by atomic mass is 16.5. The van der Waals surface area contributed by atoms with Crippen LogP contribution in [0.3, 0.4) is 0 Å². The van der Waals surface area contributed by atoms with Gasteiger partial charge in [-0.1, -0.05) is 26.8 Å². The summed E-state index contributed by atoms with van der Waals surface area (Å²) in [6.45, 7) is 11.8. The molecule has 3 heteroatoms. The lowest BCUT2D eigenvalue weighted by Crippen LogP contribution is -2.58. The van der Waals surface area contributed by atoms with Gasteiger partial charge in [0.2, 0.25) is 0 Å². The van der Waals surface area contributed by atoms with Crippen LogP contribution in [0.15, 0.2) is 24.3 Å². The molecule has 1 aromatic rings. The Bertz CT molecular complexity index is 449. The van der Waals surface area contributed by atoms with Crippen LogP contribution in [0.4, 0.5) is 5.69 Å². The van der Waals surface area contributed by atoms with Gasteiger partial charge in [0, 0.05) is 25.0 Å². The van der Waals surface area contributed by atoms with E-state index >= 15 is 0 Å². The number of rotatable bonds is 6. The number of phenolic OH excluding ortho intramolecular Hbond substituents is 1. The molecule has 0 aliphatic carbocycles. The summed E-state index contributed by atoms with van der Waals surface area (Å²) in [6.07, 6.45) is 2.31. The van der Waals surface area contributed by atoms with Crippen LogP contribution in [0.25, 0.3) is 0 Å². The Morgan fingerprint density at radius 1 is 1.24 bits per heavy atom. The molecule has 1 N–H and O–H groups in total. The highest BCUT2D eigenvalue weighted by molar-refractivity contribution is 5.47. The summed E-state index contributed by atoms with van der Waals surface area (Å²) in [4.78, 5) is 0. The van der Waals surface area contributed by atoms with Crippen LogP contribution in [0.5, 0.6) is 5.75 Å². The average molecular weight is 292 g/mol. The maximum atomic E-state index is 9.84. The van der Waals surface area contributed by atoms with Crippen molar-refractivity contribution in [2.75, 3.05) is 32.8 Å². The Morgan fingerprint density at radius 3 is 2.71 bits per heavy atom. The molecule has 3 atom stereocenters. The van der Waals surface area contributed by atoms with Gasteiger partial charge in [-0.05, 0) is 24.5 Å². The maximum Gasteiger partial charge on any atom is 0.136 e. The Morgan fingerprint density at radius 2 is 2.05 bits per heavy atom. The Labute approximate surface area is 129 Å². The van der Waals surface area contributed by atoms with Gasteiger partial charge < -0.3 is 9.84 Å². The number of piperidine rings is 1. The first-order valence-corrected chi connectivity index (χ1v) is 8.31.